The molecule has 4 heteroatoms. The van der Waals surface area contributed by atoms with E-state index in [1.54, 1.807) is 0 Å². The number of aliphatic hydroxyl groups excluding tert-OH is 1. The van der Waals surface area contributed by atoms with Crippen LogP contribution in [0.2, 0.25) is 0 Å². The zero-order chi connectivity index (χ0) is 11.2. The average Bonchev–Trinajstić information content (AvgIpc) is 2.02. The minimum Gasteiger partial charge on any atom is -0.390 e. The van der Waals surface area contributed by atoms with Crippen LogP contribution in [0.25, 0.3) is 0 Å². The molecule has 0 heterocycles. The Morgan fingerprint density at radius 1 is 1.29 bits per heavy atom. The fourth-order valence-electron chi connectivity index (χ4n) is 0.808. The van der Waals surface area contributed by atoms with Crippen molar-refractivity contribution < 1.29 is 14.6 Å². The van der Waals surface area contributed by atoms with E-state index in [9.17, 15) is 5.11 Å². The van der Waals surface area contributed by atoms with Crippen molar-refractivity contribution in [2.45, 2.75) is 40.0 Å². The summed E-state index contributed by atoms with van der Waals surface area (Å²) in [5, 5.41) is 9.62. The van der Waals surface area contributed by atoms with Gasteiger partial charge in [-0.05, 0) is 12.3 Å². The maximum Gasteiger partial charge on any atom is 0.129 e. The van der Waals surface area contributed by atoms with Gasteiger partial charge < -0.3 is 20.3 Å². The molecule has 0 rings (SSSR count). The predicted molar refractivity (Wildman–Crippen MR) is 55.9 cm³/mol. The highest BCUT2D eigenvalue weighted by molar-refractivity contribution is 4.71. The van der Waals surface area contributed by atoms with E-state index in [1.807, 2.05) is 27.7 Å². The summed E-state index contributed by atoms with van der Waals surface area (Å²) >= 11 is 0. The molecule has 0 radical (unpaired) electrons. The molecule has 0 spiro atoms. The van der Waals surface area contributed by atoms with Crippen molar-refractivity contribution in [2.75, 3.05) is 19.8 Å². The molecule has 2 atom stereocenters. The molecule has 0 saturated heterocycles. The van der Waals surface area contributed by atoms with E-state index in [2.05, 4.69) is 0 Å². The molecule has 86 valence electrons. The highest BCUT2D eigenvalue weighted by atomic mass is 16.5. The second-order valence-corrected chi connectivity index (χ2v) is 4.41. The van der Waals surface area contributed by atoms with Crippen molar-refractivity contribution in [1.29, 1.82) is 0 Å². The number of nitrogens with two attached hydrogens (primary N) is 1. The lowest BCUT2D eigenvalue weighted by atomic mass is 9.90. The summed E-state index contributed by atoms with van der Waals surface area (Å²) in [6.45, 7) is 8.96. The van der Waals surface area contributed by atoms with Crippen molar-refractivity contribution in [3.05, 3.63) is 0 Å². The minimum atomic E-state index is -0.476. The molecular formula is C10H23NO3. The molecular weight excluding hydrogens is 182 g/mol. The van der Waals surface area contributed by atoms with Crippen LogP contribution in [-0.2, 0) is 9.47 Å². The molecule has 4 nitrogen and oxygen atoms in total. The van der Waals surface area contributed by atoms with Crippen molar-refractivity contribution in [2.24, 2.45) is 11.1 Å². The van der Waals surface area contributed by atoms with E-state index in [1.165, 1.54) is 0 Å². The Morgan fingerprint density at radius 2 is 1.86 bits per heavy atom. The number of rotatable bonds is 6. The third-order valence-corrected chi connectivity index (χ3v) is 1.94. The zero-order valence-electron chi connectivity index (χ0n) is 9.62. The van der Waals surface area contributed by atoms with Gasteiger partial charge in [0.2, 0.25) is 0 Å². The second kappa shape index (κ2) is 6.35. The number of hydrogen-bond acceptors (Lipinski definition) is 4. The largest absolute Gasteiger partial charge is 0.390 e. The lowest BCUT2D eigenvalue weighted by molar-refractivity contribution is -0.0577. The summed E-state index contributed by atoms with van der Waals surface area (Å²) in [6.07, 6.45) is -0.872. The lowest BCUT2D eigenvalue weighted by Crippen LogP contribution is -2.35. The average molecular weight is 205 g/mol. The van der Waals surface area contributed by atoms with E-state index in [-0.39, 0.29) is 5.41 Å². The highest BCUT2D eigenvalue weighted by Gasteiger charge is 2.22. The molecule has 3 N–H and O–H groups in total. The van der Waals surface area contributed by atoms with Gasteiger partial charge >= 0.3 is 0 Å². The zero-order valence-corrected chi connectivity index (χ0v) is 9.62. The monoisotopic (exact) mass is 205 g/mol. The molecule has 2 unspecified atom stereocenters. The van der Waals surface area contributed by atoms with Crippen molar-refractivity contribution >= 4 is 0 Å². The molecule has 0 aliphatic rings. The smallest absolute Gasteiger partial charge is 0.129 e. The summed E-state index contributed by atoms with van der Waals surface area (Å²) in [5.41, 5.74) is 5.39. The van der Waals surface area contributed by atoms with Crippen LogP contribution in [0.5, 0.6) is 0 Å². The summed E-state index contributed by atoms with van der Waals surface area (Å²) < 4.78 is 10.3. The SMILES string of the molecule is CCOC(N)COCC(O)C(C)(C)C. The molecule has 0 aromatic carbocycles. The predicted octanol–water partition coefficient (Wildman–Crippen LogP) is 0.731. The van der Waals surface area contributed by atoms with Gasteiger partial charge in [0.25, 0.3) is 0 Å². The maximum atomic E-state index is 9.62. The Kier molecular flexibility index (Phi) is 6.27. The third kappa shape index (κ3) is 6.32. The van der Waals surface area contributed by atoms with Crippen LogP contribution in [0.15, 0.2) is 0 Å². The van der Waals surface area contributed by atoms with Gasteiger partial charge in [-0.15, -0.1) is 0 Å². The third-order valence-electron chi connectivity index (χ3n) is 1.94. The van der Waals surface area contributed by atoms with Gasteiger partial charge in [-0.1, -0.05) is 20.8 Å². The standard InChI is InChI=1S/C10H23NO3/c1-5-14-9(11)7-13-6-8(12)10(2,3)4/h8-9,12H,5-7,11H2,1-4H3. The van der Waals surface area contributed by atoms with Gasteiger partial charge in [0.15, 0.2) is 0 Å². The molecule has 0 aromatic heterocycles. The maximum absolute atomic E-state index is 9.62. The molecule has 0 bridgehead atoms. The van der Waals surface area contributed by atoms with Crippen molar-refractivity contribution in [3.63, 3.8) is 0 Å². The normalized spacial score (nSPS) is 16.7. The van der Waals surface area contributed by atoms with E-state index in [0.29, 0.717) is 19.8 Å². The van der Waals surface area contributed by atoms with Gasteiger partial charge in [-0.3, -0.25) is 0 Å². The van der Waals surface area contributed by atoms with Crippen molar-refractivity contribution in [1.82, 2.24) is 0 Å². The van der Waals surface area contributed by atoms with Gasteiger partial charge in [-0.2, -0.15) is 0 Å². The summed E-state index contributed by atoms with van der Waals surface area (Å²) in [7, 11) is 0. The molecule has 0 aromatic rings. The molecule has 0 aliphatic heterocycles. The second-order valence-electron chi connectivity index (χ2n) is 4.41. The van der Waals surface area contributed by atoms with Gasteiger partial charge in [-0.25, -0.2) is 0 Å². The van der Waals surface area contributed by atoms with Crippen LogP contribution in [0, 0.1) is 5.41 Å². The lowest BCUT2D eigenvalue weighted by Gasteiger charge is -2.26. The first-order chi connectivity index (χ1) is 6.38. The van der Waals surface area contributed by atoms with Crippen LogP contribution >= 0.6 is 0 Å². The van der Waals surface area contributed by atoms with Crippen LogP contribution < -0.4 is 5.73 Å². The van der Waals surface area contributed by atoms with Crippen LogP contribution in [0.1, 0.15) is 27.7 Å². The van der Waals surface area contributed by atoms with Crippen LogP contribution in [-0.4, -0.2) is 37.3 Å². The minimum absolute atomic E-state index is 0.157. The summed E-state index contributed by atoms with van der Waals surface area (Å²) in [4.78, 5) is 0. The first-order valence-corrected chi connectivity index (χ1v) is 5.01. The van der Waals surface area contributed by atoms with E-state index >= 15 is 0 Å². The Hall–Kier alpha value is -0.160. The molecule has 0 aliphatic carbocycles. The van der Waals surface area contributed by atoms with Gasteiger partial charge in [0.1, 0.15) is 6.23 Å². The van der Waals surface area contributed by atoms with E-state index < -0.39 is 12.3 Å². The Balaban J connectivity index is 3.54. The Bertz CT molecular complexity index is 145. The quantitative estimate of drug-likeness (QED) is 0.627. The van der Waals surface area contributed by atoms with Crippen molar-refractivity contribution in [3.8, 4) is 0 Å². The van der Waals surface area contributed by atoms with Gasteiger partial charge in [0, 0.05) is 6.61 Å². The summed E-state index contributed by atoms with van der Waals surface area (Å²) in [6, 6.07) is 0. The fraction of sp³-hybridized carbons (Fsp3) is 1.00. The topological polar surface area (TPSA) is 64.7 Å². The number of ether oxygens (including phenoxy) is 2. The number of hydrogen-bond donors (Lipinski definition) is 2. The molecule has 0 fully saturated rings. The van der Waals surface area contributed by atoms with Crippen LogP contribution in [0.3, 0.4) is 0 Å². The number of aliphatic hydroxyl groups is 1. The van der Waals surface area contributed by atoms with Gasteiger partial charge in [0.05, 0.1) is 19.3 Å². The van der Waals surface area contributed by atoms with E-state index in [0.717, 1.165) is 0 Å². The van der Waals surface area contributed by atoms with E-state index in [4.69, 9.17) is 15.2 Å². The Morgan fingerprint density at radius 3 is 2.29 bits per heavy atom. The van der Waals surface area contributed by atoms with Crippen LogP contribution in [0.4, 0.5) is 0 Å². The molecule has 0 saturated carbocycles. The first-order valence-electron chi connectivity index (χ1n) is 5.01. The Labute approximate surface area is 86.4 Å². The first kappa shape index (κ1) is 13.8. The highest BCUT2D eigenvalue weighted by Crippen LogP contribution is 2.18. The molecule has 0 amide bonds. The fourth-order valence-corrected chi connectivity index (χ4v) is 0.808. The molecule has 14 heavy (non-hydrogen) atoms. The summed E-state index contributed by atoms with van der Waals surface area (Å²) in [5.74, 6) is 0.